The Balaban J connectivity index is 2.12. The van der Waals surface area contributed by atoms with E-state index in [-0.39, 0.29) is 5.41 Å². The van der Waals surface area contributed by atoms with Gasteiger partial charge in [0.05, 0.1) is 25.7 Å². The molecule has 2 rings (SSSR count). The van der Waals surface area contributed by atoms with Gasteiger partial charge in [0, 0.05) is 5.41 Å². The Kier molecular flexibility index (Phi) is 4.10. The molecule has 0 aliphatic carbocycles. The highest BCUT2D eigenvalue weighted by Gasteiger charge is 2.38. The minimum Gasteiger partial charge on any atom is -0.494 e. The van der Waals surface area contributed by atoms with Crippen molar-refractivity contribution >= 4 is 5.97 Å². The molecule has 19 heavy (non-hydrogen) atoms. The zero-order valence-electron chi connectivity index (χ0n) is 11.4. The lowest BCUT2D eigenvalue weighted by atomic mass is 9.77. The van der Waals surface area contributed by atoms with Gasteiger partial charge in [-0.1, -0.05) is 19.1 Å². The third-order valence-corrected chi connectivity index (χ3v) is 3.49. The van der Waals surface area contributed by atoms with Crippen molar-refractivity contribution < 1.29 is 19.4 Å². The van der Waals surface area contributed by atoms with E-state index in [0.29, 0.717) is 26.2 Å². The summed E-state index contributed by atoms with van der Waals surface area (Å²) in [4.78, 5) is 11.5. The van der Waals surface area contributed by atoms with Crippen molar-refractivity contribution in [1.29, 1.82) is 0 Å². The lowest BCUT2D eigenvalue weighted by Gasteiger charge is -2.39. The molecule has 1 N–H and O–H groups in total. The Morgan fingerprint density at radius 1 is 1.42 bits per heavy atom. The Hall–Kier alpha value is -1.55. The van der Waals surface area contributed by atoms with E-state index in [9.17, 15) is 9.90 Å². The predicted molar refractivity (Wildman–Crippen MR) is 71.5 cm³/mol. The summed E-state index contributed by atoms with van der Waals surface area (Å²) in [6, 6.07) is 7.34. The molecule has 0 spiro atoms. The average Bonchev–Trinajstić information content (AvgIpc) is 2.35. The maximum absolute atomic E-state index is 11.5. The van der Waals surface area contributed by atoms with Gasteiger partial charge in [0.15, 0.2) is 0 Å². The summed E-state index contributed by atoms with van der Waals surface area (Å²) < 4.78 is 10.6. The molecular formula is C15H20O4. The first-order valence-electron chi connectivity index (χ1n) is 6.57. The number of rotatable bonds is 6. The molecule has 1 aliphatic heterocycles. The van der Waals surface area contributed by atoms with Crippen molar-refractivity contribution in [3.63, 3.8) is 0 Å². The number of ether oxygens (including phenoxy) is 2. The molecule has 1 atom stereocenters. The highest BCUT2D eigenvalue weighted by Crippen LogP contribution is 2.38. The van der Waals surface area contributed by atoms with Gasteiger partial charge in [0.2, 0.25) is 0 Å². The third-order valence-electron chi connectivity index (χ3n) is 3.49. The van der Waals surface area contributed by atoms with Crippen LogP contribution in [0.4, 0.5) is 0 Å². The first-order chi connectivity index (χ1) is 9.04. The van der Waals surface area contributed by atoms with Crippen LogP contribution in [-0.4, -0.2) is 30.9 Å². The van der Waals surface area contributed by atoms with Crippen LogP contribution < -0.4 is 4.74 Å². The highest BCUT2D eigenvalue weighted by molar-refractivity contribution is 5.76. The van der Waals surface area contributed by atoms with E-state index in [1.165, 1.54) is 0 Å². The number of benzene rings is 1. The van der Waals surface area contributed by atoms with E-state index in [2.05, 4.69) is 6.92 Å². The summed E-state index contributed by atoms with van der Waals surface area (Å²) in [6.45, 7) is 5.89. The number of hydrogen-bond acceptors (Lipinski definition) is 3. The van der Waals surface area contributed by atoms with Crippen LogP contribution in [0, 0.1) is 5.41 Å². The first kappa shape index (κ1) is 13.9. The molecule has 1 aliphatic rings. The Morgan fingerprint density at radius 2 is 2.05 bits per heavy atom. The van der Waals surface area contributed by atoms with Gasteiger partial charge >= 0.3 is 5.97 Å². The van der Waals surface area contributed by atoms with Crippen molar-refractivity contribution in [3.05, 3.63) is 29.8 Å². The minimum absolute atomic E-state index is 0.0123. The molecule has 0 aromatic heterocycles. The van der Waals surface area contributed by atoms with Crippen LogP contribution in [0.15, 0.2) is 24.3 Å². The Labute approximate surface area is 113 Å². The summed E-state index contributed by atoms with van der Waals surface area (Å²) >= 11 is 0. The fourth-order valence-corrected chi connectivity index (χ4v) is 2.37. The van der Waals surface area contributed by atoms with Gasteiger partial charge in [0.1, 0.15) is 5.75 Å². The van der Waals surface area contributed by atoms with Gasteiger partial charge in [-0.2, -0.15) is 0 Å². The molecule has 104 valence electrons. The molecule has 0 radical (unpaired) electrons. The molecule has 0 amide bonds. The molecule has 0 saturated carbocycles. The van der Waals surface area contributed by atoms with Gasteiger partial charge in [-0.15, -0.1) is 0 Å². The van der Waals surface area contributed by atoms with Crippen LogP contribution >= 0.6 is 0 Å². The van der Waals surface area contributed by atoms with Crippen molar-refractivity contribution in [2.24, 2.45) is 5.41 Å². The van der Waals surface area contributed by atoms with Crippen LogP contribution in [0.2, 0.25) is 0 Å². The zero-order chi connectivity index (χ0) is 13.9. The topological polar surface area (TPSA) is 55.8 Å². The number of carboxylic acid groups (broad SMARTS) is 1. The van der Waals surface area contributed by atoms with Crippen molar-refractivity contribution in [2.75, 3.05) is 19.8 Å². The molecule has 1 heterocycles. The number of carboxylic acids is 1. The predicted octanol–water partition coefficient (Wildman–Crippen LogP) is 2.68. The molecule has 4 heteroatoms. The second-order valence-electron chi connectivity index (χ2n) is 5.40. The number of aliphatic carboxylic acids is 1. The Bertz CT molecular complexity index is 434. The first-order valence-corrected chi connectivity index (χ1v) is 6.57. The molecule has 1 aromatic carbocycles. The fourth-order valence-electron chi connectivity index (χ4n) is 2.37. The smallest absolute Gasteiger partial charge is 0.310 e. The van der Waals surface area contributed by atoms with Crippen molar-refractivity contribution in [3.8, 4) is 5.75 Å². The molecule has 4 nitrogen and oxygen atoms in total. The third kappa shape index (κ3) is 3.26. The highest BCUT2D eigenvalue weighted by atomic mass is 16.5. The van der Waals surface area contributed by atoms with Crippen LogP contribution in [0.1, 0.15) is 31.7 Å². The molecular weight excluding hydrogens is 244 g/mol. The lowest BCUT2D eigenvalue weighted by Crippen LogP contribution is -2.41. The van der Waals surface area contributed by atoms with Gasteiger partial charge in [0.25, 0.3) is 0 Å². The van der Waals surface area contributed by atoms with E-state index in [0.717, 1.165) is 11.3 Å². The minimum atomic E-state index is -0.780. The van der Waals surface area contributed by atoms with Gasteiger partial charge in [-0.3, -0.25) is 4.79 Å². The second kappa shape index (κ2) is 5.61. The Morgan fingerprint density at radius 3 is 2.47 bits per heavy atom. The van der Waals surface area contributed by atoms with Crippen molar-refractivity contribution in [2.45, 2.75) is 26.2 Å². The van der Waals surface area contributed by atoms with Gasteiger partial charge in [-0.05, 0) is 31.0 Å². The molecule has 0 bridgehead atoms. The van der Waals surface area contributed by atoms with E-state index < -0.39 is 11.9 Å². The van der Waals surface area contributed by atoms with Crippen molar-refractivity contribution in [1.82, 2.24) is 0 Å². The molecule has 1 fully saturated rings. The van der Waals surface area contributed by atoms with E-state index in [1.807, 2.05) is 31.2 Å². The van der Waals surface area contributed by atoms with Gasteiger partial charge < -0.3 is 14.6 Å². The summed E-state index contributed by atoms with van der Waals surface area (Å²) in [5.41, 5.74) is 0.811. The zero-order valence-corrected chi connectivity index (χ0v) is 11.4. The van der Waals surface area contributed by atoms with Crippen LogP contribution in [0.25, 0.3) is 0 Å². The van der Waals surface area contributed by atoms with Gasteiger partial charge in [-0.25, -0.2) is 0 Å². The molecule has 1 unspecified atom stereocenters. The van der Waals surface area contributed by atoms with E-state index >= 15 is 0 Å². The summed E-state index contributed by atoms with van der Waals surface area (Å²) in [5, 5.41) is 9.41. The average molecular weight is 264 g/mol. The summed E-state index contributed by atoms with van der Waals surface area (Å²) in [6.07, 6.45) is 0.607. The largest absolute Gasteiger partial charge is 0.494 e. The summed E-state index contributed by atoms with van der Waals surface area (Å²) in [7, 11) is 0. The number of hydrogen-bond donors (Lipinski definition) is 1. The quantitative estimate of drug-likeness (QED) is 0.858. The summed E-state index contributed by atoms with van der Waals surface area (Å²) in [5.74, 6) is -0.490. The molecule has 1 saturated heterocycles. The SMILES string of the molecule is CCOc1ccc(C(CC2(C)COC2)C(=O)O)cc1. The van der Waals surface area contributed by atoms with Crippen LogP contribution in [0.5, 0.6) is 5.75 Å². The maximum atomic E-state index is 11.5. The standard InChI is InChI=1S/C15H20O4/c1-3-19-12-6-4-11(5-7-12)13(14(16)17)8-15(2)9-18-10-15/h4-7,13H,3,8-10H2,1-2H3,(H,16,17). The monoisotopic (exact) mass is 264 g/mol. The maximum Gasteiger partial charge on any atom is 0.310 e. The number of carbonyl (C=O) groups is 1. The second-order valence-corrected chi connectivity index (χ2v) is 5.40. The van der Waals surface area contributed by atoms with Crippen LogP contribution in [0.3, 0.4) is 0 Å². The molecule has 1 aromatic rings. The fraction of sp³-hybridized carbons (Fsp3) is 0.533. The van der Waals surface area contributed by atoms with E-state index in [1.54, 1.807) is 0 Å². The lowest BCUT2D eigenvalue weighted by molar-refractivity contribution is -0.145. The van der Waals surface area contributed by atoms with Crippen LogP contribution in [-0.2, 0) is 9.53 Å². The van der Waals surface area contributed by atoms with E-state index in [4.69, 9.17) is 9.47 Å². The normalized spacial score (nSPS) is 18.4.